The van der Waals surface area contributed by atoms with Crippen LogP contribution in [-0.2, 0) is 6.42 Å². The zero-order valence-corrected chi connectivity index (χ0v) is 13.5. The Morgan fingerprint density at radius 1 is 1.22 bits per heavy atom. The van der Waals surface area contributed by atoms with Crippen LogP contribution in [0.4, 0.5) is 0 Å². The van der Waals surface area contributed by atoms with Gasteiger partial charge in [-0.3, -0.25) is 5.10 Å². The molecule has 0 atom stereocenters. The van der Waals surface area contributed by atoms with Gasteiger partial charge in [-0.05, 0) is 35.5 Å². The van der Waals surface area contributed by atoms with Crippen molar-refractivity contribution < 1.29 is 4.74 Å². The average Bonchev–Trinajstić information content (AvgIpc) is 2.94. The molecule has 1 heterocycles. The lowest BCUT2D eigenvalue weighted by molar-refractivity contribution is 0.415. The molecule has 1 aromatic heterocycles. The van der Waals surface area contributed by atoms with Gasteiger partial charge >= 0.3 is 0 Å². The molecule has 3 aromatic rings. The summed E-state index contributed by atoms with van der Waals surface area (Å²) in [6, 6.07) is 17.8. The number of nitrogens with zero attached hydrogens (tertiary/aromatic N) is 3. The van der Waals surface area contributed by atoms with Crippen LogP contribution in [0.2, 0.25) is 0 Å². The minimum absolute atomic E-state index is 0.468. The monoisotopic (exact) mass is 324 g/mol. The number of aromatic amines is 1. The Morgan fingerprint density at radius 3 is 2.83 bits per heavy atom. The van der Waals surface area contributed by atoms with Crippen molar-refractivity contribution in [3.63, 3.8) is 0 Å². The van der Waals surface area contributed by atoms with Crippen molar-refractivity contribution in [1.29, 1.82) is 0 Å². The Hall–Kier alpha value is -2.73. The van der Waals surface area contributed by atoms with Gasteiger partial charge in [0.15, 0.2) is 5.82 Å². The Morgan fingerprint density at radius 2 is 2.04 bits per heavy atom. The molecule has 0 saturated heterocycles. The predicted octanol–water partition coefficient (Wildman–Crippen LogP) is 3.42. The van der Waals surface area contributed by atoms with Crippen molar-refractivity contribution in [2.75, 3.05) is 7.11 Å². The number of benzene rings is 2. The highest BCUT2D eigenvalue weighted by Gasteiger charge is 2.06. The van der Waals surface area contributed by atoms with E-state index in [0.29, 0.717) is 11.2 Å². The van der Waals surface area contributed by atoms with Gasteiger partial charge in [0.25, 0.3) is 0 Å². The summed E-state index contributed by atoms with van der Waals surface area (Å²) in [5.74, 6) is 1.55. The van der Waals surface area contributed by atoms with E-state index in [0.717, 1.165) is 22.7 Å². The molecule has 6 heteroatoms. The third kappa shape index (κ3) is 3.73. The number of aromatic nitrogens is 3. The van der Waals surface area contributed by atoms with Crippen LogP contribution in [0.1, 0.15) is 17.0 Å². The molecular weight excluding hydrogens is 308 g/mol. The van der Waals surface area contributed by atoms with E-state index in [9.17, 15) is 0 Å². The van der Waals surface area contributed by atoms with Gasteiger partial charge in [-0.2, -0.15) is 14.9 Å². The lowest BCUT2D eigenvalue weighted by Crippen LogP contribution is -2.00. The van der Waals surface area contributed by atoms with Crippen LogP contribution in [-0.4, -0.2) is 28.2 Å². The van der Waals surface area contributed by atoms with Gasteiger partial charge in [0.2, 0.25) is 4.77 Å². The smallest absolute Gasteiger partial charge is 0.216 e. The third-order valence-electron chi connectivity index (χ3n) is 3.34. The molecule has 0 amide bonds. The molecule has 0 aliphatic rings. The largest absolute Gasteiger partial charge is 0.497 e. The number of H-pyrrole nitrogens is 1. The summed E-state index contributed by atoms with van der Waals surface area (Å²) in [6.45, 7) is 0. The fraction of sp³-hybridized carbons (Fsp3) is 0.118. The number of rotatable bonds is 5. The van der Waals surface area contributed by atoms with Gasteiger partial charge in [0.05, 0.1) is 13.3 Å². The summed E-state index contributed by atoms with van der Waals surface area (Å²) in [4.78, 5) is 0. The molecule has 0 radical (unpaired) electrons. The minimum atomic E-state index is 0.468. The maximum Gasteiger partial charge on any atom is 0.216 e. The van der Waals surface area contributed by atoms with E-state index < -0.39 is 0 Å². The molecule has 23 heavy (non-hydrogen) atoms. The van der Waals surface area contributed by atoms with Crippen LogP contribution in [0.15, 0.2) is 59.7 Å². The lowest BCUT2D eigenvalue weighted by Gasteiger charge is -2.02. The first kappa shape index (κ1) is 15.2. The summed E-state index contributed by atoms with van der Waals surface area (Å²) < 4.78 is 7.32. The second-order valence-corrected chi connectivity index (χ2v) is 5.33. The second-order valence-electron chi connectivity index (χ2n) is 4.94. The Balaban J connectivity index is 1.86. The topological polar surface area (TPSA) is 55.2 Å². The van der Waals surface area contributed by atoms with E-state index in [2.05, 4.69) is 15.3 Å². The summed E-state index contributed by atoms with van der Waals surface area (Å²) in [7, 11) is 1.64. The molecule has 0 fully saturated rings. The minimum Gasteiger partial charge on any atom is -0.497 e. The molecule has 0 spiro atoms. The quantitative estimate of drug-likeness (QED) is 0.578. The molecule has 0 bridgehead atoms. The maximum absolute atomic E-state index is 5.26. The maximum atomic E-state index is 5.26. The number of hydrogen-bond donors (Lipinski definition) is 1. The standard InChI is InChI=1S/C17H16N4OS/c1-22-15-9-5-8-14(10-15)12-18-21-16(19-20-17(21)23)11-13-6-3-2-4-7-13/h2-10,12H,11H2,1H3,(H,20,23)/b18-12-. The van der Waals surface area contributed by atoms with Crippen molar-refractivity contribution in [2.45, 2.75) is 6.42 Å². The van der Waals surface area contributed by atoms with E-state index in [1.807, 2.05) is 54.6 Å². The average molecular weight is 324 g/mol. The number of nitrogens with one attached hydrogen (secondary N) is 1. The van der Waals surface area contributed by atoms with E-state index in [1.54, 1.807) is 18.0 Å². The van der Waals surface area contributed by atoms with E-state index in [1.165, 1.54) is 0 Å². The fourth-order valence-electron chi connectivity index (χ4n) is 2.18. The van der Waals surface area contributed by atoms with Crippen molar-refractivity contribution >= 4 is 18.4 Å². The number of methoxy groups -OCH3 is 1. The van der Waals surface area contributed by atoms with Gasteiger partial charge < -0.3 is 4.74 Å². The van der Waals surface area contributed by atoms with Crippen molar-refractivity contribution in [3.8, 4) is 5.75 Å². The van der Waals surface area contributed by atoms with E-state index in [4.69, 9.17) is 17.0 Å². The van der Waals surface area contributed by atoms with Crippen LogP contribution >= 0.6 is 12.2 Å². The third-order valence-corrected chi connectivity index (χ3v) is 3.60. The van der Waals surface area contributed by atoms with Gasteiger partial charge in [-0.25, -0.2) is 0 Å². The van der Waals surface area contributed by atoms with E-state index in [-0.39, 0.29) is 0 Å². The van der Waals surface area contributed by atoms with Gasteiger partial charge in [0.1, 0.15) is 5.75 Å². The fourth-order valence-corrected chi connectivity index (χ4v) is 2.38. The Kier molecular flexibility index (Phi) is 4.63. The molecule has 116 valence electrons. The number of hydrogen-bond acceptors (Lipinski definition) is 4. The van der Waals surface area contributed by atoms with Crippen LogP contribution in [0.3, 0.4) is 0 Å². The first-order chi connectivity index (χ1) is 11.3. The highest BCUT2D eigenvalue weighted by Crippen LogP contribution is 2.12. The van der Waals surface area contributed by atoms with Gasteiger partial charge in [0, 0.05) is 6.42 Å². The molecule has 0 saturated carbocycles. The first-order valence-electron chi connectivity index (χ1n) is 7.15. The molecule has 1 N–H and O–H groups in total. The van der Waals surface area contributed by atoms with Gasteiger partial charge in [-0.1, -0.05) is 42.5 Å². The zero-order valence-electron chi connectivity index (χ0n) is 12.6. The van der Waals surface area contributed by atoms with Crippen LogP contribution in [0.5, 0.6) is 5.75 Å². The first-order valence-corrected chi connectivity index (χ1v) is 7.56. The van der Waals surface area contributed by atoms with Gasteiger partial charge in [-0.15, -0.1) is 0 Å². The summed E-state index contributed by atoms with van der Waals surface area (Å²) in [5, 5.41) is 11.5. The van der Waals surface area contributed by atoms with E-state index >= 15 is 0 Å². The molecule has 2 aromatic carbocycles. The molecule has 3 rings (SSSR count). The van der Waals surface area contributed by atoms with Crippen LogP contribution in [0, 0.1) is 4.77 Å². The lowest BCUT2D eigenvalue weighted by atomic mass is 10.1. The molecule has 0 aliphatic heterocycles. The summed E-state index contributed by atoms with van der Waals surface area (Å²) in [6.07, 6.45) is 2.39. The van der Waals surface area contributed by atoms with Crippen LogP contribution < -0.4 is 4.74 Å². The Bertz CT molecular complexity index is 868. The summed E-state index contributed by atoms with van der Waals surface area (Å²) in [5.41, 5.74) is 2.08. The molecule has 0 unspecified atom stereocenters. The highest BCUT2D eigenvalue weighted by molar-refractivity contribution is 7.71. The zero-order chi connectivity index (χ0) is 16.1. The molecular formula is C17H16N4OS. The Labute approximate surface area is 139 Å². The molecule has 0 aliphatic carbocycles. The predicted molar refractivity (Wildman–Crippen MR) is 92.6 cm³/mol. The normalized spacial score (nSPS) is 11.0. The summed E-state index contributed by atoms with van der Waals surface area (Å²) >= 11 is 5.26. The number of ether oxygens (including phenoxy) is 1. The molecule has 5 nitrogen and oxygen atoms in total. The SMILES string of the molecule is COc1cccc(/C=N\n2c(Cc3ccccc3)n[nH]c2=S)c1. The van der Waals surface area contributed by atoms with Crippen molar-refractivity contribution in [2.24, 2.45) is 5.10 Å². The van der Waals surface area contributed by atoms with Crippen molar-refractivity contribution in [1.82, 2.24) is 14.9 Å². The van der Waals surface area contributed by atoms with Crippen LogP contribution in [0.25, 0.3) is 0 Å². The highest BCUT2D eigenvalue weighted by atomic mass is 32.1. The van der Waals surface area contributed by atoms with Crippen molar-refractivity contribution in [3.05, 3.63) is 76.3 Å². The second kappa shape index (κ2) is 7.02.